The number of carbonyl (C=O) groups excluding carboxylic acids is 2. The molecule has 0 spiro atoms. The Hall–Kier alpha value is -2.15. The number of nitrogens with zero attached hydrogens (tertiary/aromatic N) is 3. The van der Waals surface area contributed by atoms with Crippen molar-refractivity contribution in [3.8, 4) is 0 Å². The Bertz CT molecular complexity index is 727. The van der Waals surface area contributed by atoms with Crippen LogP contribution in [-0.2, 0) is 9.59 Å². The fourth-order valence-electron chi connectivity index (χ4n) is 2.47. The van der Waals surface area contributed by atoms with E-state index in [1.165, 1.54) is 16.7 Å². The number of rotatable bonds is 3. The Balaban J connectivity index is 1.88. The van der Waals surface area contributed by atoms with Crippen LogP contribution in [0.1, 0.15) is 26.3 Å². The van der Waals surface area contributed by atoms with Gasteiger partial charge in [0.1, 0.15) is 11.9 Å². The van der Waals surface area contributed by atoms with Gasteiger partial charge in [-0.05, 0) is 32.9 Å². The van der Waals surface area contributed by atoms with Crippen LogP contribution in [0.25, 0.3) is 0 Å². The zero-order chi connectivity index (χ0) is 16.6. The van der Waals surface area contributed by atoms with Crippen molar-refractivity contribution in [1.82, 2.24) is 10.2 Å². The quantitative estimate of drug-likeness (QED) is 0.920. The van der Waals surface area contributed by atoms with Gasteiger partial charge in [-0.2, -0.15) is 0 Å². The van der Waals surface area contributed by atoms with Gasteiger partial charge in [0.2, 0.25) is 5.91 Å². The molecule has 3 rings (SSSR count). The summed E-state index contributed by atoms with van der Waals surface area (Å²) in [6.07, 6.45) is 0. The molecule has 0 aliphatic carbocycles. The molecule has 7 heteroatoms. The molecule has 0 saturated carbocycles. The summed E-state index contributed by atoms with van der Waals surface area (Å²) in [6.45, 7) is 5.59. The van der Waals surface area contributed by atoms with E-state index < -0.39 is 6.04 Å². The molecule has 0 aromatic heterocycles. The Labute approximate surface area is 139 Å². The van der Waals surface area contributed by atoms with Gasteiger partial charge in [-0.25, -0.2) is 9.89 Å². The summed E-state index contributed by atoms with van der Waals surface area (Å²) in [5, 5.41) is 3.34. The molecule has 2 aliphatic rings. The number of fused-ring (bicyclic) bond motifs is 3. The summed E-state index contributed by atoms with van der Waals surface area (Å²) in [6, 6.07) is 7.25. The standard InChI is InChI=1S/C16H18N4O2S/c1-9(2)17-13(21)8-23-16-19-12-7-5-4-6-11(12)14-18-10(3)15(22)20(14)16/h4-7,9-10H,8H2,1-3H3,(H,17,21). The van der Waals surface area contributed by atoms with E-state index in [1.807, 2.05) is 38.1 Å². The zero-order valence-electron chi connectivity index (χ0n) is 13.2. The van der Waals surface area contributed by atoms with Crippen LogP contribution in [-0.4, -0.2) is 45.6 Å². The van der Waals surface area contributed by atoms with Crippen LogP contribution in [0.4, 0.5) is 5.69 Å². The maximum Gasteiger partial charge on any atom is 0.258 e. The van der Waals surface area contributed by atoms with Gasteiger partial charge in [0.05, 0.1) is 11.4 Å². The number of hydrogen-bond acceptors (Lipinski definition) is 5. The van der Waals surface area contributed by atoms with Crippen molar-refractivity contribution in [3.05, 3.63) is 29.8 Å². The van der Waals surface area contributed by atoms with Crippen LogP contribution in [0.5, 0.6) is 0 Å². The molecule has 0 saturated heterocycles. The van der Waals surface area contributed by atoms with E-state index in [1.54, 1.807) is 6.92 Å². The molecule has 1 N–H and O–H groups in total. The van der Waals surface area contributed by atoms with E-state index in [4.69, 9.17) is 0 Å². The molecule has 0 radical (unpaired) electrons. The van der Waals surface area contributed by atoms with Crippen LogP contribution in [0.15, 0.2) is 34.3 Å². The highest BCUT2D eigenvalue weighted by Gasteiger charge is 2.39. The zero-order valence-corrected chi connectivity index (χ0v) is 14.1. The van der Waals surface area contributed by atoms with Gasteiger partial charge in [-0.3, -0.25) is 14.6 Å². The van der Waals surface area contributed by atoms with Crippen molar-refractivity contribution < 1.29 is 9.59 Å². The molecule has 6 nitrogen and oxygen atoms in total. The predicted molar refractivity (Wildman–Crippen MR) is 92.1 cm³/mol. The lowest BCUT2D eigenvalue weighted by Gasteiger charge is -2.25. The second-order valence-corrected chi connectivity index (χ2v) is 6.67. The Morgan fingerprint density at radius 2 is 2.13 bits per heavy atom. The normalized spacial score (nSPS) is 19.2. The molecule has 2 aliphatic heterocycles. The average Bonchev–Trinajstić information content (AvgIpc) is 2.80. The van der Waals surface area contributed by atoms with E-state index in [-0.39, 0.29) is 23.6 Å². The predicted octanol–water partition coefficient (Wildman–Crippen LogP) is 1.92. The minimum absolute atomic E-state index is 0.0789. The van der Waals surface area contributed by atoms with Crippen molar-refractivity contribution in [1.29, 1.82) is 0 Å². The number of para-hydroxylation sites is 1. The molecular weight excluding hydrogens is 312 g/mol. The summed E-state index contributed by atoms with van der Waals surface area (Å²) >= 11 is 1.26. The summed E-state index contributed by atoms with van der Waals surface area (Å²) in [5.74, 6) is 0.652. The number of aliphatic imine (C=N–C) groups is 2. The second kappa shape index (κ2) is 6.16. The number of thioether (sulfide) groups is 1. The van der Waals surface area contributed by atoms with Crippen LogP contribution in [0, 0.1) is 0 Å². The number of benzene rings is 1. The molecule has 0 fully saturated rings. The highest BCUT2D eigenvalue weighted by atomic mass is 32.2. The third-order valence-corrected chi connectivity index (χ3v) is 4.38. The van der Waals surface area contributed by atoms with Crippen molar-refractivity contribution >= 4 is 40.3 Å². The number of amidine groups is 2. The first-order valence-electron chi connectivity index (χ1n) is 7.49. The molecule has 1 aromatic carbocycles. The van der Waals surface area contributed by atoms with E-state index in [0.29, 0.717) is 11.0 Å². The van der Waals surface area contributed by atoms with Crippen LogP contribution in [0.3, 0.4) is 0 Å². The second-order valence-electron chi connectivity index (χ2n) is 5.72. The lowest BCUT2D eigenvalue weighted by atomic mass is 10.1. The van der Waals surface area contributed by atoms with Crippen molar-refractivity contribution in [2.45, 2.75) is 32.9 Å². The first-order valence-corrected chi connectivity index (χ1v) is 8.48. The summed E-state index contributed by atoms with van der Waals surface area (Å²) < 4.78 is 0. The fraction of sp³-hybridized carbons (Fsp3) is 0.375. The summed E-state index contributed by atoms with van der Waals surface area (Å²) in [5.41, 5.74) is 1.62. The third kappa shape index (κ3) is 3.01. The molecule has 1 unspecified atom stereocenters. The lowest BCUT2D eigenvalue weighted by Crippen LogP contribution is -2.41. The Morgan fingerprint density at radius 3 is 2.87 bits per heavy atom. The molecule has 23 heavy (non-hydrogen) atoms. The number of carbonyl (C=O) groups is 2. The maximum atomic E-state index is 12.4. The van der Waals surface area contributed by atoms with Crippen LogP contribution < -0.4 is 5.32 Å². The Morgan fingerprint density at radius 1 is 1.39 bits per heavy atom. The van der Waals surface area contributed by atoms with E-state index >= 15 is 0 Å². The minimum atomic E-state index is -0.425. The molecule has 1 aromatic rings. The van der Waals surface area contributed by atoms with Gasteiger partial charge in [0.15, 0.2) is 5.17 Å². The van der Waals surface area contributed by atoms with Gasteiger partial charge in [-0.1, -0.05) is 23.9 Å². The number of amides is 2. The fourth-order valence-corrected chi connectivity index (χ4v) is 3.28. The highest BCUT2D eigenvalue weighted by molar-refractivity contribution is 8.14. The van der Waals surface area contributed by atoms with Gasteiger partial charge in [0, 0.05) is 11.6 Å². The monoisotopic (exact) mass is 330 g/mol. The highest BCUT2D eigenvalue weighted by Crippen LogP contribution is 2.33. The first kappa shape index (κ1) is 15.7. The summed E-state index contributed by atoms with van der Waals surface area (Å²) in [7, 11) is 0. The Kier molecular flexibility index (Phi) is 4.21. The SMILES string of the molecule is CC(C)NC(=O)CSC1=Nc2ccccc2C2=NC(C)C(=O)N12. The first-order chi connectivity index (χ1) is 11.0. The average molecular weight is 330 g/mol. The van der Waals surface area contributed by atoms with E-state index in [0.717, 1.165) is 11.3 Å². The maximum absolute atomic E-state index is 12.4. The molecule has 120 valence electrons. The van der Waals surface area contributed by atoms with Gasteiger partial charge in [0.25, 0.3) is 5.91 Å². The van der Waals surface area contributed by atoms with Crippen LogP contribution in [0.2, 0.25) is 0 Å². The van der Waals surface area contributed by atoms with Crippen LogP contribution >= 0.6 is 11.8 Å². The minimum Gasteiger partial charge on any atom is -0.353 e. The van der Waals surface area contributed by atoms with Crippen molar-refractivity contribution in [3.63, 3.8) is 0 Å². The van der Waals surface area contributed by atoms with Gasteiger partial charge >= 0.3 is 0 Å². The molecule has 2 amide bonds. The largest absolute Gasteiger partial charge is 0.353 e. The molecular formula is C16H18N4O2S. The lowest BCUT2D eigenvalue weighted by molar-refractivity contribution is -0.124. The number of hydrogen-bond donors (Lipinski definition) is 1. The van der Waals surface area contributed by atoms with E-state index in [2.05, 4.69) is 15.3 Å². The summed E-state index contributed by atoms with van der Waals surface area (Å²) in [4.78, 5) is 34.8. The molecule has 1 atom stereocenters. The topological polar surface area (TPSA) is 74.1 Å². The van der Waals surface area contributed by atoms with Gasteiger partial charge < -0.3 is 5.32 Å². The smallest absolute Gasteiger partial charge is 0.258 e. The van der Waals surface area contributed by atoms with Crippen molar-refractivity contribution in [2.75, 3.05) is 5.75 Å². The molecule has 0 bridgehead atoms. The van der Waals surface area contributed by atoms with Crippen molar-refractivity contribution in [2.24, 2.45) is 9.98 Å². The third-order valence-electron chi connectivity index (χ3n) is 3.44. The van der Waals surface area contributed by atoms with Gasteiger partial charge in [-0.15, -0.1) is 0 Å². The number of nitrogens with one attached hydrogen (secondary N) is 1. The van der Waals surface area contributed by atoms with E-state index in [9.17, 15) is 9.59 Å². The molecule has 2 heterocycles.